The number of carbonyl (C=O) groups excluding carboxylic acids is 4. The fourth-order valence-electron chi connectivity index (χ4n) is 12.0. The number of aryl methyl sites for hydroxylation is 1. The number of rotatable bonds is 22. The van der Waals surface area contributed by atoms with Gasteiger partial charge in [0.15, 0.2) is 5.88 Å². The van der Waals surface area contributed by atoms with Gasteiger partial charge in [0.2, 0.25) is 32.0 Å². The lowest BCUT2D eigenvalue weighted by Gasteiger charge is -2.41. The quantitative estimate of drug-likeness (QED) is 0.00749. The predicted octanol–water partition coefficient (Wildman–Crippen LogP) is 13.2. The van der Waals surface area contributed by atoms with Gasteiger partial charge in [0.1, 0.15) is 52.9 Å². The number of benzene rings is 4. The van der Waals surface area contributed by atoms with Crippen molar-refractivity contribution in [3.8, 4) is 23.0 Å². The van der Waals surface area contributed by atoms with Crippen LogP contribution in [0.5, 0.6) is 23.0 Å². The second-order valence-electron chi connectivity index (χ2n) is 29.1. The maximum Gasteiger partial charge on any atom is 0.514 e. The number of aromatic nitrogens is 4. The average Bonchev–Trinajstić information content (AvgIpc) is 0.797. The first-order valence-corrected chi connectivity index (χ1v) is 50.7. The topological polar surface area (TPSA) is 650 Å². The minimum absolute atomic E-state index is 0.0206. The van der Waals surface area contributed by atoms with Gasteiger partial charge < -0.3 is 97.5 Å². The second-order valence-corrected chi connectivity index (χ2v) is 46.5. The first kappa shape index (κ1) is 105. The Hall–Kier alpha value is -9.14. The molecule has 8 unspecified atom stereocenters. The molecule has 0 saturated carbocycles. The third-order valence-corrected chi connectivity index (χ3v) is 37.0. The Morgan fingerprint density at radius 1 is 0.462 bits per heavy atom. The molecule has 57 heteroatoms. The molecule has 12 N–H and O–H groups in total. The number of ether oxygens (including phenoxy) is 8. The fourth-order valence-corrected chi connectivity index (χ4v) is 26.2. The third kappa shape index (κ3) is 24.0. The number of carbonyl (C=O) groups is 4. The minimum Gasteiger partial charge on any atom is -0.477 e. The van der Waals surface area contributed by atoms with Crippen LogP contribution in [0.4, 0.5) is 31.9 Å². The summed E-state index contributed by atoms with van der Waals surface area (Å²) >= 11 is 0. The molecule has 45 nitrogen and oxygen atoms in total. The van der Waals surface area contributed by atoms with Gasteiger partial charge in [0.05, 0.1) is 29.9 Å². The molecule has 0 spiro atoms. The van der Waals surface area contributed by atoms with Crippen LogP contribution in [0.2, 0.25) is 0 Å². The molecule has 5 fully saturated rings. The molecular formula is C75H83F4N5O40P8. The molecular weight excluding hydrogens is 1930 g/mol. The highest BCUT2D eigenvalue weighted by molar-refractivity contribution is 7.75. The molecule has 8 atom stereocenters. The first-order valence-electron chi connectivity index (χ1n) is 38.1. The van der Waals surface area contributed by atoms with Crippen LogP contribution in [-0.2, 0) is 122 Å². The Morgan fingerprint density at radius 3 is 1.14 bits per heavy atom. The number of aliphatic hydroxyl groups is 4. The Labute approximate surface area is 744 Å². The smallest absolute Gasteiger partial charge is 0.477 e. The maximum absolute atomic E-state index is 14.8. The van der Waals surface area contributed by atoms with Crippen molar-refractivity contribution in [2.45, 2.75) is 138 Å². The average molecular weight is 2020 g/mol. The van der Waals surface area contributed by atoms with E-state index in [0.717, 1.165) is 41.4 Å². The summed E-state index contributed by atoms with van der Waals surface area (Å²) in [5.74, 6) is -6.78. The number of amides is 1. The zero-order chi connectivity index (χ0) is 97.3. The van der Waals surface area contributed by atoms with E-state index in [1.54, 1.807) is 47.6 Å². The van der Waals surface area contributed by atoms with E-state index in [-0.39, 0.29) is 70.5 Å². The standard InChI is InChI=1S/C19H18F2N2O10P2.C19H22FNO10P2.C19H23NO10P2.C18H20FNO10P2/c1-11-23(5-6-30-11)18(24)31-13-7-14(20)16(15(21)8-13)17-32-34(26,27)19(25,35(28,29)33-17)9-12-3-2-4-22-10-12;1-2-4-17(22)29-12-28-14-6-7-15(16(20)9-14)18-30-32(24,25)19(23,33(26,27)31-18)10-13-5-3-8-21-11-13;1-12(2)27-18(21)28-16-9-13(3)6-7-15(16)17-29-31(23,24)19(22,32(25,26)30-17)10-14-5-4-8-20-11-14;1-11(2)27-17(21)28-13-5-6-14(15(19)8-13)16-29-31(23,24)18(22,32(25,26)30-16)9-12-4-3-7-20-10-12/h2-4,7-8,10,17,25H,1,5-6,9H2,(H,26,27)(H,28,29);3,5-9,11,18,23H,2,4,10,12H2,1H3,(H,24,25)(H,26,27);4-9,11-12,17,22H,10H2,1-3H3,(H,23,24)(H,25,26);3-8,10-11,16,22H,9H2,1-2H3,(H,23,24)(H,25,26). The SMILES string of the molecule is C=C1OCCN1C(=O)Oc1cc(F)c(C2OP(=O)(O)C(O)(Cc3cccnc3)P(=O)(O)O2)c(F)c1.CC(C)OC(=O)Oc1ccc(C2OP(=O)(O)C(O)(Cc3cccnc3)P(=O)(O)O2)c(F)c1.CCCC(=O)OCOc1ccc(C2OP(=O)(O)C(O)(Cc3cccnc3)P(=O)(O)O2)c(F)c1.Cc1ccc(C2OP(=O)(O)C(O)(Cc3cccnc3)P(=O)(O)O2)c(OC(=O)OC(C)C)c1. The van der Waals surface area contributed by atoms with Crippen molar-refractivity contribution in [2.75, 3.05) is 19.9 Å². The third-order valence-electron chi connectivity index (χ3n) is 18.6. The van der Waals surface area contributed by atoms with Gasteiger partial charge >= 0.3 is 85.1 Å². The molecule has 5 aliphatic heterocycles. The van der Waals surface area contributed by atoms with Crippen molar-refractivity contribution in [1.29, 1.82) is 0 Å². The van der Waals surface area contributed by atoms with Gasteiger partial charge in [-0.05, 0) is 136 Å². The van der Waals surface area contributed by atoms with Crippen LogP contribution in [0.25, 0.3) is 0 Å². The molecule has 1 amide bonds. The van der Waals surface area contributed by atoms with Gasteiger partial charge in [-0.2, -0.15) is 0 Å². The van der Waals surface area contributed by atoms with Gasteiger partial charge in [0.25, 0.3) is 20.3 Å². The molecule has 132 heavy (non-hydrogen) atoms. The zero-order valence-electron chi connectivity index (χ0n) is 69.2. The van der Waals surface area contributed by atoms with Crippen molar-refractivity contribution in [3.05, 3.63) is 251 Å². The Bertz CT molecular complexity index is 5870. The highest BCUT2D eigenvalue weighted by Crippen LogP contribution is 2.83. The largest absolute Gasteiger partial charge is 0.514 e. The molecule has 13 rings (SSSR count). The molecule has 4 aromatic heterocycles. The van der Waals surface area contributed by atoms with Crippen LogP contribution < -0.4 is 18.9 Å². The highest BCUT2D eigenvalue weighted by Gasteiger charge is 2.71. The summed E-state index contributed by atoms with van der Waals surface area (Å²) in [6.45, 7) is 13.1. The van der Waals surface area contributed by atoms with Crippen molar-refractivity contribution in [2.24, 2.45) is 0 Å². The van der Waals surface area contributed by atoms with E-state index in [0.29, 0.717) is 24.1 Å². The van der Waals surface area contributed by atoms with E-state index in [9.17, 15) is 133 Å². The van der Waals surface area contributed by atoms with E-state index in [2.05, 4.69) is 26.5 Å². The maximum atomic E-state index is 14.8. The summed E-state index contributed by atoms with van der Waals surface area (Å²) in [6, 6.07) is 22.6. The van der Waals surface area contributed by atoms with E-state index in [1.807, 2.05) is 0 Å². The monoisotopic (exact) mass is 2020 g/mol. The Morgan fingerprint density at radius 2 is 0.803 bits per heavy atom. The van der Waals surface area contributed by atoms with Crippen molar-refractivity contribution in [3.63, 3.8) is 0 Å². The van der Waals surface area contributed by atoms with Gasteiger partial charge in [0, 0.05) is 117 Å². The highest BCUT2D eigenvalue weighted by atomic mass is 31.3. The van der Waals surface area contributed by atoms with Gasteiger partial charge in [-0.1, -0.05) is 37.3 Å². The van der Waals surface area contributed by atoms with E-state index >= 15 is 0 Å². The molecule has 8 aromatic rings. The van der Waals surface area contributed by atoms with Gasteiger partial charge in [-0.25, -0.2) is 36.8 Å². The van der Waals surface area contributed by atoms with Crippen LogP contribution in [-0.4, -0.2) is 161 Å². The molecule has 9 heterocycles. The van der Waals surface area contributed by atoms with Crippen molar-refractivity contribution >= 4 is 85.1 Å². The first-order chi connectivity index (χ1) is 61.5. The molecule has 716 valence electrons. The summed E-state index contributed by atoms with van der Waals surface area (Å²) in [4.78, 5) is 146. The molecule has 5 aliphatic rings. The number of pyridine rings is 4. The molecule has 4 aromatic carbocycles. The molecule has 0 bridgehead atoms. The summed E-state index contributed by atoms with van der Waals surface area (Å²) in [5.41, 5.74) is -1.05. The molecule has 0 aliphatic carbocycles. The number of hydrogen-bond acceptors (Lipinski definition) is 36. The van der Waals surface area contributed by atoms with Crippen LogP contribution in [0, 0.1) is 30.2 Å². The predicted molar refractivity (Wildman–Crippen MR) is 439 cm³/mol. The Balaban J connectivity index is 0.000000183. The summed E-state index contributed by atoms with van der Waals surface area (Å²) in [6.07, 6.45) is -4.64. The fraction of sp³-hybridized carbons (Fsp3) is 0.333. The van der Waals surface area contributed by atoms with E-state index in [1.165, 1.54) is 110 Å². The van der Waals surface area contributed by atoms with Gasteiger partial charge in [-0.3, -0.25) is 97.4 Å². The number of halogens is 4. The van der Waals surface area contributed by atoms with Crippen LogP contribution in [0.3, 0.4) is 0 Å². The lowest BCUT2D eigenvalue weighted by Crippen LogP contribution is -2.38. The Kier molecular flexibility index (Phi) is 33.4. The van der Waals surface area contributed by atoms with Crippen molar-refractivity contribution < 1.29 is 207 Å². The lowest BCUT2D eigenvalue weighted by atomic mass is 10.1. The second kappa shape index (κ2) is 42.0. The van der Waals surface area contributed by atoms with Gasteiger partial charge in [-0.15, -0.1) is 0 Å². The van der Waals surface area contributed by atoms with Crippen molar-refractivity contribution in [1.82, 2.24) is 24.8 Å². The van der Waals surface area contributed by atoms with Crippen LogP contribution in [0.15, 0.2) is 177 Å². The normalized spacial score (nSPS) is 30.1. The zero-order valence-corrected chi connectivity index (χ0v) is 76.4. The summed E-state index contributed by atoms with van der Waals surface area (Å²) in [5, 5.41) is 29.9. The van der Waals surface area contributed by atoms with E-state index < -0.39 is 221 Å². The lowest BCUT2D eigenvalue weighted by molar-refractivity contribution is -0.150. The van der Waals surface area contributed by atoms with Crippen LogP contribution in [0.1, 0.15) is 123 Å². The molecule has 0 radical (unpaired) electrons. The summed E-state index contributed by atoms with van der Waals surface area (Å²) in [7, 11) is -42.4. The number of esters is 1. The van der Waals surface area contributed by atoms with Crippen LogP contribution >= 0.6 is 60.8 Å². The minimum atomic E-state index is -5.47. The molecule has 5 saturated heterocycles. The number of hydrogen-bond donors (Lipinski definition) is 12. The number of nitrogens with zero attached hydrogens (tertiary/aromatic N) is 5. The summed E-state index contributed by atoms with van der Waals surface area (Å²) < 4.78 is 240. The van der Waals surface area contributed by atoms with E-state index in [4.69, 9.17) is 74.1 Å².